The predicted molar refractivity (Wildman–Crippen MR) is 77.9 cm³/mol. The minimum absolute atomic E-state index is 0.0538. The van der Waals surface area contributed by atoms with Gasteiger partial charge in [0.1, 0.15) is 0 Å². The first-order valence-electron chi connectivity index (χ1n) is 6.62. The van der Waals surface area contributed by atoms with Crippen molar-refractivity contribution in [3.8, 4) is 0 Å². The molecule has 0 spiro atoms. The molecule has 0 radical (unpaired) electrons. The lowest BCUT2D eigenvalue weighted by molar-refractivity contribution is 0.401. The molecule has 4 nitrogen and oxygen atoms in total. The molecule has 0 saturated carbocycles. The summed E-state index contributed by atoms with van der Waals surface area (Å²) in [5, 5.41) is 0. The maximum atomic E-state index is 5.95. The summed E-state index contributed by atoms with van der Waals surface area (Å²) in [6.45, 7) is 4.23. The molecule has 1 atom stereocenters. The van der Waals surface area contributed by atoms with Crippen molar-refractivity contribution in [3.63, 3.8) is 0 Å². The molecule has 0 aromatic carbocycles. The van der Waals surface area contributed by atoms with Gasteiger partial charge in [0.25, 0.3) is 0 Å². The van der Waals surface area contributed by atoms with E-state index < -0.39 is 0 Å². The van der Waals surface area contributed by atoms with Crippen molar-refractivity contribution in [2.75, 3.05) is 39.1 Å². The third-order valence-electron chi connectivity index (χ3n) is 3.13. The topological polar surface area (TPSA) is 45.4 Å². The van der Waals surface area contributed by atoms with Crippen LogP contribution in [0.2, 0.25) is 0 Å². The molecule has 1 aromatic heterocycles. The van der Waals surface area contributed by atoms with Gasteiger partial charge < -0.3 is 15.5 Å². The van der Waals surface area contributed by atoms with Crippen molar-refractivity contribution in [1.82, 2.24) is 9.88 Å². The van der Waals surface area contributed by atoms with Crippen LogP contribution in [0.15, 0.2) is 18.3 Å². The average molecular weight is 250 g/mol. The molecule has 1 heterocycles. The van der Waals surface area contributed by atoms with E-state index in [4.69, 9.17) is 5.73 Å². The Kier molecular flexibility index (Phi) is 6.09. The summed E-state index contributed by atoms with van der Waals surface area (Å²) >= 11 is 0. The van der Waals surface area contributed by atoms with Gasteiger partial charge in [-0.2, -0.15) is 0 Å². The largest absolute Gasteiger partial charge is 0.373 e. The van der Waals surface area contributed by atoms with Crippen molar-refractivity contribution in [3.05, 3.63) is 24.0 Å². The normalized spacial score (nSPS) is 12.8. The lowest BCUT2D eigenvalue weighted by atomic mass is 10.1. The zero-order chi connectivity index (χ0) is 13.5. The maximum Gasteiger partial charge on any atom is 0.0572 e. The molecule has 0 unspecified atom stereocenters. The molecule has 2 N–H and O–H groups in total. The molecule has 0 aliphatic heterocycles. The van der Waals surface area contributed by atoms with Crippen LogP contribution in [-0.4, -0.2) is 44.1 Å². The van der Waals surface area contributed by atoms with Gasteiger partial charge in [0, 0.05) is 19.6 Å². The Hall–Kier alpha value is -1.13. The van der Waals surface area contributed by atoms with Crippen molar-refractivity contribution in [1.29, 1.82) is 0 Å². The van der Waals surface area contributed by atoms with Gasteiger partial charge in [-0.05, 0) is 45.6 Å². The van der Waals surface area contributed by atoms with Gasteiger partial charge in [0.15, 0.2) is 0 Å². The van der Waals surface area contributed by atoms with Gasteiger partial charge in [-0.15, -0.1) is 0 Å². The zero-order valence-corrected chi connectivity index (χ0v) is 12.1. The molecule has 18 heavy (non-hydrogen) atoms. The fraction of sp³-hybridized carbons (Fsp3) is 0.643. The number of nitrogens with two attached hydrogens (primary N) is 1. The highest BCUT2D eigenvalue weighted by Crippen LogP contribution is 2.16. The third-order valence-corrected chi connectivity index (χ3v) is 3.13. The second kappa shape index (κ2) is 7.34. The van der Waals surface area contributed by atoms with Crippen LogP contribution in [0.1, 0.15) is 31.5 Å². The van der Waals surface area contributed by atoms with E-state index in [2.05, 4.69) is 48.9 Å². The first-order valence-corrected chi connectivity index (χ1v) is 6.62. The lowest BCUT2D eigenvalue weighted by Gasteiger charge is -2.20. The minimum Gasteiger partial charge on any atom is -0.373 e. The number of anilines is 1. The number of aromatic nitrogens is 1. The van der Waals surface area contributed by atoms with Crippen LogP contribution in [-0.2, 0) is 0 Å². The summed E-state index contributed by atoms with van der Waals surface area (Å²) in [5.74, 6) is 0. The van der Waals surface area contributed by atoms with E-state index in [9.17, 15) is 0 Å². The smallest absolute Gasteiger partial charge is 0.0572 e. The highest BCUT2D eigenvalue weighted by Gasteiger charge is 2.06. The Morgan fingerprint density at radius 3 is 2.44 bits per heavy atom. The zero-order valence-electron chi connectivity index (χ0n) is 12.1. The number of pyridine rings is 1. The predicted octanol–water partition coefficient (Wildman–Crippen LogP) is 1.88. The summed E-state index contributed by atoms with van der Waals surface area (Å²) in [4.78, 5) is 8.87. The molecule has 102 valence electrons. The Bertz CT molecular complexity index is 334. The van der Waals surface area contributed by atoms with Crippen LogP contribution >= 0.6 is 0 Å². The van der Waals surface area contributed by atoms with Gasteiger partial charge in [-0.3, -0.25) is 4.98 Å². The van der Waals surface area contributed by atoms with E-state index in [1.165, 1.54) is 0 Å². The first kappa shape index (κ1) is 14.9. The Labute approximate surface area is 111 Å². The van der Waals surface area contributed by atoms with Crippen LogP contribution in [0.5, 0.6) is 0 Å². The molecular formula is C14H26N4. The summed E-state index contributed by atoms with van der Waals surface area (Å²) in [6, 6.07) is 4.19. The third kappa shape index (κ3) is 4.63. The van der Waals surface area contributed by atoms with Gasteiger partial charge in [0.05, 0.1) is 17.6 Å². The van der Waals surface area contributed by atoms with Crippen molar-refractivity contribution >= 4 is 5.69 Å². The lowest BCUT2D eigenvalue weighted by Crippen LogP contribution is -2.23. The number of nitrogens with zero attached hydrogens (tertiary/aromatic N) is 3. The average Bonchev–Trinajstić information content (AvgIpc) is 2.37. The molecule has 1 rings (SSSR count). The van der Waals surface area contributed by atoms with E-state index in [0.717, 1.165) is 37.3 Å². The highest BCUT2D eigenvalue weighted by atomic mass is 15.1. The van der Waals surface area contributed by atoms with Crippen LogP contribution in [0.25, 0.3) is 0 Å². The molecular weight excluding hydrogens is 224 g/mol. The summed E-state index contributed by atoms with van der Waals surface area (Å²) in [7, 11) is 6.30. The standard InChI is InChI=1S/C14H26N4/c1-5-13(15)14-8-7-12(11-16-14)18(4)10-6-9-17(2)3/h7-8,11,13H,5-6,9-10,15H2,1-4H3/t13-/m1/s1. The Morgan fingerprint density at radius 2 is 1.94 bits per heavy atom. The monoisotopic (exact) mass is 250 g/mol. The van der Waals surface area contributed by atoms with Gasteiger partial charge >= 0.3 is 0 Å². The Balaban J connectivity index is 2.51. The summed E-state index contributed by atoms with van der Waals surface area (Å²) < 4.78 is 0. The number of hydrogen-bond donors (Lipinski definition) is 1. The van der Waals surface area contributed by atoms with Crippen molar-refractivity contribution < 1.29 is 0 Å². The van der Waals surface area contributed by atoms with E-state index in [-0.39, 0.29) is 6.04 Å². The van der Waals surface area contributed by atoms with Crippen molar-refractivity contribution in [2.45, 2.75) is 25.8 Å². The van der Waals surface area contributed by atoms with Crippen LogP contribution < -0.4 is 10.6 Å². The molecule has 4 heteroatoms. The van der Waals surface area contributed by atoms with Crippen LogP contribution in [0, 0.1) is 0 Å². The highest BCUT2D eigenvalue weighted by molar-refractivity contribution is 5.43. The van der Waals surface area contributed by atoms with Crippen molar-refractivity contribution in [2.24, 2.45) is 5.73 Å². The molecule has 0 aliphatic rings. The fourth-order valence-corrected chi connectivity index (χ4v) is 1.80. The molecule has 0 bridgehead atoms. The van der Waals surface area contributed by atoms with E-state index in [0.29, 0.717) is 0 Å². The maximum absolute atomic E-state index is 5.95. The van der Waals surface area contributed by atoms with Crippen LogP contribution in [0.3, 0.4) is 0 Å². The van der Waals surface area contributed by atoms with E-state index in [1.54, 1.807) is 0 Å². The second-order valence-electron chi connectivity index (χ2n) is 5.03. The first-order chi connectivity index (χ1) is 8.54. The molecule has 0 amide bonds. The van der Waals surface area contributed by atoms with Gasteiger partial charge in [-0.1, -0.05) is 6.92 Å². The summed E-state index contributed by atoms with van der Waals surface area (Å²) in [5.41, 5.74) is 8.08. The fourth-order valence-electron chi connectivity index (χ4n) is 1.80. The number of hydrogen-bond acceptors (Lipinski definition) is 4. The molecule has 0 saturated heterocycles. The van der Waals surface area contributed by atoms with Gasteiger partial charge in [-0.25, -0.2) is 0 Å². The quantitative estimate of drug-likeness (QED) is 0.802. The minimum atomic E-state index is 0.0538. The molecule has 0 fully saturated rings. The van der Waals surface area contributed by atoms with E-state index in [1.807, 2.05) is 12.3 Å². The van der Waals surface area contributed by atoms with Crippen LogP contribution in [0.4, 0.5) is 5.69 Å². The van der Waals surface area contributed by atoms with E-state index >= 15 is 0 Å². The number of rotatable bonds is 7. The second-order valence-corrected chi connectivity index (χ2v) is 5.03. The van der Waals surface area contributed by atoms with Gasteiger partial charge in [0.2, 0.25) is 0 Å². The molecule has 0 aliphatic carbocycles. The summed E-state index contributed by atoms with van der Waals surface area (Å²) in [6.07, 6.45) is 3.99. The molecule has 1 aromatic rings. The Morgan fingerprint density at radius 1 is 1.22 bits per heavy atom. The SMILES string of the molecule is CC[C@@H](N)c1ccc(N(C)CCCN(C)C)cn1.